The van der Waals surface area contributed by atoms with Crippen LogP contribution >= 0.6 is 0 Å². The molecule has 0 saturated heterocycles. The zero-order valence-corrected chi connectivity index (χ0v) is 14.3. The van der Waals surface area contributed by atoms with Gasteiger partial charge < -0.3 is 0 Å². The van der Waals surface area contributed by atoms with Gasteiger partial charge in [-0.2, -0.15) is 0 Å². The molecule has 0 atom stereocenters. The molecule has 0 aliphatic carbocycles. The van der Waals surface area contributed by atoms with Crippen LogP contribution in [0.3, 0.4) is 0 Å². The summed E-state index contributed by atoms with van der Waals surface area (Å²) in [6.07, 6.45) is 3.95. The van der Waals surface area contributed by atoms with Crippen molar-refractivity contribution in [3.63, 3.8) is 0 Å². The summed E-state index contributed by atoms with van der Waals surface area (Å²) < 4.78 is 0. The zero-order valence-electron chi connectivity index (χ0n) is 14.3. The van der Waals surface area contributed by atoms with Gasteiger partial charge in [0, 0.05) is 0 Å². The average Bonchev–Trinajstić information content (AvgIpc) is 2.70. The lowest BCUT2D eigenvalue weighted by molar-refractivity contribution is 1.74. The number of hydrogen-bond donors (Lipinski definition) is 0. The molecule has 120 valence electrons. The number of rotatable bonds is 2. The Morgan fingerprint density at radius 2 is 0.923 bits per heavy atom. The summed E-state index contributed by atoms with van der Waals surface area (Å²) in [6.45, 7) is 8.21. The molecule has 0 heterocycles. The highest BCUT2D eigenvalue weighted by Gasteiger charge is 2.20. The van der Waals surface area contributed by atoms with E-state index in [1.807, 2.05) is 12.2 Å². The maximum atomic E-state index is 4.10. The van der Waals surface area contributed by atoms with E-state index < -0.39 is 0 Å². The van der Waals surface area contributed by atoms with Crippen molar-refractivity contribution >= 4 is 66.0 Å². The monoisotopic (exact) mass is 328 g/mol. The summed E-state index contributed by atoms with van der Waals surface area (Å²) in [5.74, 6) is 0. The quantitative estimate of drug-likeness (QED) is 0.226. The highest BCUT2D eigenvalue weighted by Crippen LogP contribution is 2.47. The molecular weight excluding hydrogens is 312 g/mol. The Labute approximate surface area is 151 Å². The van der Waals surface area contributed by atoms with Crippen LogP contribution in [0.1, 0.15) is 11.1 Å². The third-order valence-electron chi connectivity index (χ3n) is 5.91. The van der Waals surface area contributed by atoms with E-state index in [1.54, 1.807) is 0 Å². The molecule has 26 heavy (non-hydrogen) atoms. The van der Waals surface area contributed by atoms with Crippen molar-refractivity contribution in [2.24, 2.45) is 0 Å². The summed E-state index contributed by atoms with van der Waals surface area (Å²) in [4.78, 5) is 0. The Hall–Kier alpha value is -3.38. The summed E-state index contributed by atoms with van der Waals surface area (Å²) >= 11 is 0. The van der Waals surface area contributed by atoms with Crippen LogP contribution in [0.2, 0.25) is 0 Å². The Morgan fingerprint density at radius 1 is 0.462 bits per heavy atom. The van der Waals surface area contributed by atoms with E-state index in [1.165, 1.54) is 65.0 Å². The lowest BCUT2D eigenvalue weighted by Crippen LogP contribution is -1.94. The van der Waals surface area contributed by atoms with Gasteiger partial charge in [-0.1, -0.05) is 86.0 Å². The molecule has 0 unspecified atom stereocenters. The molecule has 0 fully saturated rings. The molecule has 0 aliphatic rings. The molecule has 6 aromatic rings. The largest absolute Gasteiger partial charge is 0.0984 e. The van der Waals surface area contributed by atoms with Crippen molar-refractivity contribution in [3.05, 3.63) is 84.9 Å². The topological polar surface area (TPSA) is 0 Å². The predicted octanol–water partition coefficient (Wildman–Crippen LogP) is 7.61. The molecule has 6 aromatic carbocycles. The number of hydrogen-bond acceptors (Lipinski definition) is 0. The highest BCUT2D eigenvalue weighted by atomic mass is 14.2. The first-order chi connectivity index (χ1) is 12.8. The number of benzene rings is 6. The second-order valence-corrected chi connectivity index (χ2v) is 7.02. The van der Waals surface area contributed by atoms with E-state index in [0.29, 0.717) is 0 Å². The minimum absolute atomic E-state index is 1.18. The second-order valence-electron chi connectivity index (χ2n) is 7.02. The van der Waals surface area contributed by atoms with Crippen LogP contribution in [0.25, 0.3) is 66.0 Å². The van der Waals surface area contributed by atoms with Crippen LogP contribution in [0.15, 0.2) is 73.8 Å². The second kappa shape index (κ2) is 4.62. The van der Waals surface area contributed by atoms with Crippen LogP contribution in [0.5, 0.6) is 0 Å². The molecule has 0 aromatic heterocycles. The molecular formula is C26H16. The van der Waals surface area contributed by atoms with Gasteiger partial charge in [0.25, 0.3) is 0 Å². The minimum atomic E-state index is 1.18. The van der Waals surface area contributed by atoms with Crippen LogP contribution in [0.4, 0.5) is 0 Å². The molecule has 0 heteroatoms. The molecule has 0 saturated carbocycles. The van der Waals surface area contributed by atoms with E-state index >= 15 is 0 Å². The van der Waals surface area contributed by atoms with Crippen LogP contribution in [0, 0.1) is 0 Å². The average molecular weight is 328 g/mol. The van der Waals surface area contributed by atoms with Gasteiger partial charge in [-0.25, -0.2) is 0 Å². The molecule has 0 nitrogen and oxygen atoms in total. The summed E-state index contributed by atoms with van der Waals surface area (Å²) in [7, 11) is 0. The fraction of sp³-hybridized carbons (Fsp3) is 0. The predicted molar refractivity (Wildman–Crippen MR) is 117 cm³/mol. The minimum Gasteiger partial charge on any atom is -0.0984 e. The Kier molecular flexibility index (Phi) is 2.46. The van der Waals surface area contributed by atoms with E-state index in [-0.39, 0.29) is 0 Å². The van der Waals surface area contributed by atoms with Gasteiger partial charge in [-0.05, 0) is 65.0 Å². The van der Waals surface area contributed by atoms with Crippen molar-refractivity contribution < 1.29 is 0 Å². The smallest absolute Gasteiger partial charge is 0.000764 e. The first kappa shape index (κ1) is 13.9. The van der Waals surface area contributed by atoms with Crippen molar-refractivity contribution in [1.29, 1.82) is 0 Å². The van der Waals surface area contributed by atoms with Crippen LogP contribution in [-0.4, -0.2) is 0 Å². The van der Waals surface area contributed by atoms with Gasteiger partial charge in [0.05, 0.1) is 0 Å². The van der Waals surface area contributed by atoms with Gasteiger partial charge in [0.1, 0.15) is 0 Å². The molecule has 0 spiro atoms. The zero-order chi connectivity index (χ0) is 17.4. The van der Waals surface area contributed by atoms with E-state index in [0.717, 1.165) is 0 Å². The Balaban J connectivity index is 2.17. The molecule has 0 bridgehead atoms. The molecule has 0 amide bonds. The fourth-order valence-electron chi connectivity index (χ4n) is 4.91. The molecule has 6 rings (SSSR count). The maximum Gasteiger partial charge on any atom is -0.000764 e. The van der Waals surface area contributed by atoms with Crippen molar-refractivity contribution in [2.75, 3.05) is 0 Å². The molecule has 0 aliphatic heterocycles. The lowest BCUT2D eigenvalue weighted by atomic mass is 9.82. The maximum absolute atomic E-state index is 4.10. The summed E-state index contributed by atoms with van der Waals surface area (Å²) in [5, 5.41) is 13.2. The van der Waals surface area contributed by atoms with Crippen LogP contribution < -0.4 is 0 Å². The lowest BCUT2D eigenvalue weighted by Gasteiger charge is -2.21. The third kappa shape index (κ3) is 1.43. The van der Waals surface area contributed by atoms with E-state index in [9.17, 15) is 0 Å². The van der Waals surface area contributed by atoms with E-state index in [2.05, 4.69) is 73.8 Å². The van der Waals surface area contributed by atoms with Gasteiger partial charge in [-0.3, -0.25) is 0 Å². The number of fused-ring (bicyclic) bond motifs is 1. The third-order valence-corrected chi connectivity index (χ3v) is 5.91. The van der Waals surface area contributed by atoms with Crippen molar-refractivity contribution in [3.8, 4) is 0 Å². The first-order valence-electron chi connectivity index (χ1n) is 8.95. The van der Waals surface area contributed by atoms with Gasteiger partial charge >= 0.3 is 0 Å². The van der Waals surface area contributed by atoms with Gasteiger partial charge in [0.2, 0.25) is 0 Å². The van der Waals surface area contributed by atoms with Crippen molar-refractivity contribution in [1.82, 2.24) is 0 Å². The SMILES string of the molecule is C=Cc1c(C=C)c2ccc3cccc4c5cccc6ccc1c(c65)c2c34. The van der Waals surface area contributed by atoms with Gasteiger partial charge in [-0.15, -0.1) is 0 Å². The normalized spacial score (nSPS) is 12.2. The summed E-state index contributed by atoms with van der Waals surface area (Å²) in [5.41, 5.74) is 2.36. The Morgan fingerprint density at radius 3 is 1.35 bits per heavy atom. The van der Waals surface area contributed by atoms with E-state index in [4.69, 9.17) is 0 Å². The highest BCUT2D eigenvalue weighted by molar-refractivity contribution is 6.41. The van der Waals surface area contributed by atoms with Gasteiger partial charge in [0.15, 0.2) is 0 Å². The molecule has 0 N–H and O–H groups in total. The first-order valence-corrected chi connectivity index (χ1v) is 8.95. The summed E-state index contributed by atoms with van der Waals surface area (Å²) in [6, 6.07) is 22.2. The van der Waals surface area contributed by atoms with Crippen LogP contribution in [-0.2, 0) is 0 Å². The fourth-order valence-corrected chi connectivity index (χ4v) is 4.91. The molecule has 0 radical (unpaired) electrons. The standard InChI is InChI=1S/C26H16/c1-3-17-18(4-2)22-14-12-16-8-6-10-20-19-9-5-7-15-11-13-21(17)25(23(15)19)26(22)24(16)20/h3-14H,1-2H2. The Bertz CT molecular complexity index is 1380. The van der Waals surface area contributed by atoms with Crippen molar-refractivity contribution in [2.45, 2.75) is 0 Å².